The number of benzene rings is 2. The third-order valence-corrected chi connectivity index (χ3v) is 4.41. The van der Waals surface area contributed by atoms with Gasteiger partial charge >= 0.3 is 0 Å². The van der Waals surface area contributed by atoms with Gasteiger partial charge in [0.1, 0.15) is 12.4 Å². The molecule has 1 aliphatic rings. The van der Waals surface area contributed by atoms with Crippen molar-refractivity contribution >= 4 is 18.3 Å². The third kappa shape index (κ3) is 5.35. The van der Waals surface area contributed by atoms with Crippen molar-refractivity contribution < 1.29 is 9.53 Å². The number of carbonyl (C=O) groups excluding carboxylic acids is 1. The van der Waals surface area contributed by atoms with Crippen molar-refractivity contribution in [2.45, 2.75) is 20.0 Å². The fourth-order valence-corrected chi connectivity index (χ4v) is 2.83. The molecule has 0 unspecified atom stereocenters. The molecule has 4 nitrogen and oxygen atoms in total. The number of para-hydroxylation sites is 1. The molecule has 2 aromatic rings. The summed E-state index contributed by atoms with van der Waals surface area (Å²) in [5.74, 6) is 0.516. The summed E-state index contributed by atoms with van der Waals surface area (Å²) in [7, 11) is 0. The highest BCUT2D eigenvalue weighted by atomic mass is 35.5. The quantitative estimate of drug-likeness (QED) is 0.761. The van der Waals surface area contributed by atoms with E-state index in [2.05, 4.69) is 29.7 Å². The zero-order valence-electron chi connectivity index (χ0n) is 15.0. The van der Waals surface area contributed by atoms with Gasteiger partial charge in [-0.2, -0.15) is 0 Å². The number of halogens is 1. The van der Waals surface area contributed by atoms with Crippen LogP contribution in [0.4, 0.5) is 0 Å². The predicted octanol–water partition coefficient (Wildman–Crippen LogP) is 3.65. The minimum absolute atomic E-state index is 0. The summed E-state index contributed by atoms with van der Waals surface area (Å²) >= 11 is 0. The Morgan fingerprint density at radius 3 is 2.69 bits per heavy atom. The fraction of sp³-hybridized carbons (Fsp3) is 0.286. The smallest absolute Gasteiger partial charge is 0.255 e. The van der Waals surface area contributed by atoms with Crippen LogP contribution in [-0.2, 0) is 6.61 Å². The molecule has 0 saturated heterocycles. The van der Waals surface area contributed by atoms with Crippen LogP contribution in [0, 0.1) is 6.92 Å². The van der Waals surface area contributed by atoms with Gasteiger partial charge in [-0.1, -0.05) is 48.0 Å². The van der Waals surface area contributed by atoms with Gasteiger partial charge in [0, 0.05) is 13.1 Å². The van der Waals surface area contributed by atoms with Crippen LogP contribution < -0.4 is 15.4 Å². The van der Waals surface area contributed by atoms with Gasteiger partial charge < -0.3 is 15.4 Å². The zero-order valence-corrected chi connectivity index (χ0v) is 15.8. The van der Waals surface area contributed by atoms with E-state index in [4.69, 9.17) is 4.74 Å². The molecule has 26 heavy (non-hydrogen) atoms. The molecule has 2 N–H and O–H groups in total. The van der Waals surface area contributed by atoms with E-state index >= 15 is 0 Å². The van der Waals surface area contributed by atoms with Gasteiger partial charge in [-0.3, -0.25) is 4.79 Å². The second-order valence-electron chi connectivity index (χ2n) is 6.21. The minimum atomic E-state index is -0.0974. The highest BCUT2D eigenvalue weighted by Gasteiger charge is 2.13. The molecule has 0 radical (unpaired) electrons. The number of hydrogen-bond acceptors (Lipinski definition) is 3. The summed E-state index contributed by atoms with van der Waals surface area (Å²) in [5, 5.41) is 6.27. The first-order chi connectivity index (χ1) is 12.2. The Hall–Kier alpha value is -2.30. The van der Waals surface area contributed by atoms with Crippen molar-refractivity contribution in [3.05, 3.63) is 76.9 Å². The van der Waals surface area contributed by atoms with Gasteiger partial charge in [0.25, 0.3) is 5.91 Å². The zero-order chi connectivity index (χ0) is 17.5. The van der Waals surface area contributed by atoms with Crippen molar-refractivity contribution in [1.82, 2.24) is 10.6 Å². The maximum Gasteiger partial charge on any atom is 0.255 e. The van der Waals surface area contributed by atoms with Crippen LogP contribution in [-0.4, -0.2) is 25.5 Å². The Kier molecular flexibility index (Phi) is 7.70. The highest BCUT2D eigenvalue weighted by Crippen LogP contribution is 2.20. The summed E-state index contributed by atoms with van der Waals surface area (Å²) in [6, 6.07) is 15.5. The van der Waals surface area contributed by atoms with E-state index in [0.29, 0.717) is 24.5 Å². The standard InChI is InChI=1S/C21H24N2O2.ClH/c1-16-6-2-3-7-18(16)15-25-20-9-5-4-8-19(20)21(24)23-14-17-10-12-22-13-11-17;/h2-10,22H,11-15H2,1H3,(H,23,24);1H. The topological polar surface area (TPSA) is 50.4 Å². The molecule has 0 aliphatic carbocycles. The summed E-state index contributed by atoms with van der Waals surface area (Å²) in [6.07, 6.45) is 3.12. The largest absolute Gasteiger partial charge is 0.488 e. The maximum atomic E-state index is 12.6. The SMILES string of the molecule is Cc1ccccc1COc1ccccc1C(=O)NCC1=CCNCC1.Cl. The lowest BCUT2D eigenvalue weighted by Gasteiger charge is -2.16. The number of amides is 1. The van der Waals surface area contributed by atoms with E-state index in [0.717, 1.165) is 25.1 Å². The van der Waals surface area contributed by atoms with Crippen molar-refractivity contribution in [2.24, 2.45) is 0 Å². The van der Waals surface area contributed by atoms with Crippen molar-refractivity contribution in [3.8, 4) is 5.75 Å². The lowest BCUT2D eigenvalue weighted by molar-refractivity contribution is 0.0952. The van der Waals surface area contributed by atoms with E-state index in [-0.39, 0.29) is 18.3 Å². The van der Waals surface area contributed by atoms with Crippen molar-refractivity contribution in [1.29, 1.82) is 0 Å². The summed E-state index contributed by atoms with van der Waals surface area (Å²) in [6.45, 7) is 4.95. The monoisotopic (exact) mass is 372 g/mol. The first-order valence-electron chi connectivity index (χ1n) is 8.67. The van der Waals surface area contributed by atoms with Crippen molar-refractivity contribution in [2.75, 3.05) is 19.6 Å². The Morgan fingerprint density at radius 2 is 1.92 bits per heavy atom. The van der Waals surface area contributed by atoms with Gasteiger partial charge in [-0.05, 0) is 43.1 Å². The molecule has 0 fully saturated rings. The molecule has 0 atom stereocenters. The van der Waals surface area contributed by atoms with E-state index in [1.807, 2.05) is 36.4 Å². The average molecular weight is 373 g/mol. The molecule has 0 aromatic heterocycles. The van der Waals surface area contributed by atoms with E-state index in [1.54, 1.807) is 6.07 Å². The number of aryl methyl sites for hydroxylation is 1. The lowest BCUT2D eigenvalue weighted by Crippen LogP contribution is -2.29. The Bertz CT molecular complexity index is 774. The minimum Gasteiger partial charge on any atom is -0.488 e. The number of ether oxygens (including phenoxy) is 1. The third-order valence-electron chi connectivity index (χ3n) is 4.41. The first-order valence-corrected chi connectivity index (χ1v) is 8.67. The molecular weight excluding hydrogens is 348 g/mol. The molecule has 2 aromatic carbocycles. The van der Waals surface area contributed by atoms with Crippen LogP contribution in [0.25, 0.3) is 0 Å². The second kappa shape index (κ2) is 10.00. The number of hydrogen-bond donors (Lipinski definition) is 2. The number of nitrogens with one attached hydrogen (secondary N) is 2. The summed E-state index contributed by atoms with van der Waals surface area (Å²) in [5.41, 5.74) is 4.15. The highest BCUT2D eigenvalue weighted by molar-refractivity contribution is 5.97. The molecule has 3 rings (SSSR count). The van der Waals surface area contributed by atoms with Gasteiger partial charge in [0.15, 0.2) is 0 Å². The van der Waals surface area contributed by atoms with Crippen LogP contribution in [0.15, 0.2) is 60.2 Å². The molecule has 1 aliphatic heterocycles. The van der Waals surface area contributed by atoms with Gasteiger partial charge in [-0.15, -0.1) is 12.4 Å². The lowest BCUT2D eigenvalue weighted by atomic mass is 10.1. The van der Waals surface area contributed by atoms with Crippen LogP contribution in [0.5, 0.6) is 5.75 Å². The van der Waals surface area contributed by atoms with Crippen LogP contribution in [0.3, 0.4) is 0 Å². The Balaban J connectivity index is 0.00000243. The molecule has 1 amide bonds. The van der Waals surface area contributed by atoms with E-state index in [9.17, 15) is 4.79 Å². The van der Waals surface area contributed by atoms with Crippen LogP contribution >= 0.6 is 12.4 Å². The molecule has 138 valence electrons. The maximum absolute atomic E-state index is 12.6. The summed E-state index contributed by atoms with van der Waals surface area (Å²) < 4.78 is 5.93. The number of rotatable bonds is 6. The summed E-state index contributed by atoms with van der Waals surface area (Å²) in [4.78, 5) is 12.6. The van der Waals surface area contributed by atoms with Gasteiger partial charge in [0.2, 0.25) is 0 Å². The molecular formula is C21H25ClN2O2. The van der Waals surface area contributed by atoms with Crippen LogP contribution in [0.2, 0.25) is 0 Å². The normalized spacial score (nSPS) is 13.3. The van der Waals surface area contributed by atoms with E-state index < -0.39 is 0 Å². The first kappa shape index (κ1) is 20.0. The molecule has 0 spiro atoms. The average Bonchev–Trinajstić information content (AvgIpc) is 2.66. The Morgan fingerprint density at radius 1 is 1.15 bits per heavy atom. The number of carbonyl (C=O) groups is 1. The van der Waals surface area contributed by atoms with Gasteiger partial charge in [0.05, 0.1) is 5.56 Å². The molecule has 0 saturated carbocycles. The van der Waals surface area contributed by atoms with Crippen molar-refractivity contribution in [3.63, 3.8) is 0 Å². The molecule has 5 heteroatoms. The predicted molar refractivity (Wildman–Crippen MR) is 107 cm³/mol. The Labute approximate surface area is 161 Å². The second-order valence-corrected chi connectivity index (χ2v) is 6.21. The van der Waals surface area contributed by atoms with Gasteiger partial charge in [-0.25, -0.2) is 0 Å². The molecule has 1 heterocycles. The molecule has 0 bridgehead atoms. The fourth-order valence-electron chi connectivity index (χ4n) is 2.83. The van der Waals surface area contributed by atoms with E-state index in [1.165, 1.54) is 11.1 Å². The van der Waals surface area contributed by atoms with Crippen LogP contribution in [0.1, 0.15) is 27.9 Å².